The summed E-state index contributed by atoms with van der Waals surface area (Å²) < 4.78 is 5.88. The zero-order valence-electron chi connectivity index (χ0n) is 19.1. The van der Waals surface area contributed by atoms with Crippen LogP contribution in [-0.2, 0) is 11.3 Å². The zero-order chi connectivity index (χ0) is 22.1. The van der Waals surface area contributed by atoms with Gasteiger partial charge in [0.05, 0.1) is 6.61 Å². The second-order valence-electron chi connectivity index (χ2n) is 9.63. The van der Waals surface area contributed by atoms with Crippen LogP contribution in [0, 0.1) is 0 Å². The smallest absolute Gasteiger partial charge is 0.216 e. The quantitative estimate of drug-likeness (QED) is 0.526. The highest BCUT2D eigenvalue weighted by Crippen LogP contribution is 2.50. The molecule has 5 heteroatoms. The fourth-order valence-electron chi connectivity index (χ4n) is 5.64. The van der Waals surface area contributed by atoms with E-state index in [9.17, 15) is 5.11 Å². The Hall–Kier alpha value is -2.18. The van der Waals surface area contributed by atoms with Gasteiger partial charge in [-0.2, -0.15) is 0 Å². The Balaban J connectivity index is 1.27. The summed E-state index contributed by atoms with van der Waals surface area (Å²) in [4.78, 5) is 7.14. The van der Waals surface area contributed by atoms with Crippen molar-refractivity contribution in [1.29, 1.82) is 0 Å². The van der Waals surface area contributed by atoms with Crippen molar-refractivity contribution in [3.8, 4) is 0 Å². The molecule has 0 aromatic heterocycles. The fourth-order valence-corrected chi connectivity index (χ4v) is 5.64. The molecule has 2 unspecified atom stereocenters. The predicted octanol–water partition coefficient (Wildman–Crippen LogP) is 4.11. The molecular formula is C27H35N3O2. The van der Waals surface area contributed by atoms with Crippen LogP contribution in [0.2, 0.25) is 0 Å². The normalized spacial score (nSPS) is 24.4. The second kappa shape index (κ2) is 9.36. The van der Waals surface area contributed by atoms with Gasteiger partial charge in [0.25, 0.3) is 0 Å². The van der Waals surface area contributed by atoms with Crippen molar-refractivity contribution < 1.29 is 9.84 Å². The van der Waals surface area contributed by atoms with Crippen molar-refractivity contribution in [2.24, 2.45) is 0 Å². The zero-order valence-corrected chi connectivity index (χ0v) is 19.1. The number of nitrogens with zero attached hydrogens (tertiary/aromatic N) is 3. The molecule has 3 atom stereocenters. The van der Waals surface area contributed by atoms with Gasteiger partial charge in [0, 0.05) is 51.0 Å². The summed E-state index contributed by atoms with van der Waals surface area (Å²) in [6.45, 7) is 12.7. The van der Waals surface area contributed by atoms with Crippen molar-refractivity contribution in [2.45, 2.75) is 44.7 Å². The summed E-state index contributed by atoms with van der Waals surface area (Å²) >= 11 is 0. The molecule has 2 bridgehead atoms. The van der Waals surface area contributed by atoms with E-state index in [-0.39, 0.29) is 6.04 Å². The molecule has 32 heavy (non-hydrogen) atoms. The molecule has 2 saturated heterocycles. The summed E-state index contributed by atoms with van der Waals surface area (Å²) in [6.07, 6.45) is 1.28. The Morgan fingerprint density at radius 3 is 2.59 bits per heavy atom. The molecular weight excluding hydrogens is 398 g/mol. The molecule has 0 saturated carbocycles. The molecule has 5 rings (SSSR count). The monoisotopic (exact) mass is 433 g/mol. The Morgan fingerprint density at radius 1 is 1.06 bits per heavy atom. The molecule has 2 aliphatic heterocycles. The maximum absolute atomic E-state index is 10.9. The van der Waals surface area contributed by atoms with Gasteiger partial charge in [-0.25, -0.2) is 4.90 Å². The van der Waals surface area contributed by atoms with Crippen molar-refractivity contribution in [2.75, 3.05) is 44.2 Å². The average molecular weight is 434 g/mol. The minimum atomic E-state index is -0.874. The first-order valence-electron chi connectivity index (χ1n) is 11.9. The number of aliphatic hydroxyl groups is 1. The van der Waals surface area contributed by atoms with Crippen LogP contribution < -0.4 is 4.90 Å². The molecule has 2 aromatic rings. The van der Waals surface area contributed by atoms with Crippen molar-refractivity contribution in [1.82, 2.24) is 9.80 Å². The molecule has 2 heterocycles. The lowest BCUT2D eigenvalue weighted by molar-refractivity contribution is -0.217. The highest BCUT2D eigenvalue weighted by Gasteiger charge is 2.41. The van der Waals surface area contributed by atoms with Crippen LogP contribution in [0.1, 0.15) is 48.4 Å². The maximum Gasteiger partial charge on any atom is 0.216 e. The molecule has 2 aromatic carbocycles. The third kappa shape index (κ3) is 4.48. The van der Waals surface area contributed by atoms with Gasteiger partial charge in [0.1, 0.15) is 0 Å². The van der Waals surface area contributed by atoms with E-state index in [2.05, 4.69) is 46.4 Å². The van der Waals surface area contributed by atoms with E-state index in [4.69, 9.17) is 4.74 Å². The first-order valence-corrected chi connectivity index (χ1v) is 11.9. The number of fused-ring (bicyclic) bond motifs is 5. The van der Waals surface area contributed by atoms with Crippen molar-refractivity contribution >= 4 is 5.69 Å². The number of likely N-dealkylation sites (tertiary alicyclic amines) is 1. The van der Waals surface area contributed by atoms with Crippen LogP contribution >= 0.6 is 0 Å². The number of rotatable bonds is 7. The molecule has 1 aliphatic carbocycles. The SMILES string of the molecule is C=C(C)CN1CCN(c2ccc3c(c2)[C@@H]2CC3CCN2C(O)OCc2ccccc2)CC1. The molecule has 0 spiro atoms. The van der Waals surface area contributed by atoms with E-state index < -0.39 is 6.41 Å². The van der Waals surface area contributed by atoms with Crippen LogP contribution in [0.5, 0.6) is 0 Å². The first kappa shape index (κ1) is 21.7. The first-order chi connectivity index (χ1) is 15.6. The van der Waals surface area contributed by atoms with Crippen molar-refractivity contribution in [3.05, 3.63) is 77.4 Å². The van der Waals surface area contributed by atoms with Crippen LogP contribution in [0.4, 0.5) is 5.69 Å². The van der Waals surface area contributed by atoms with Crippen molar-refractivity contribution in [3.63, 3.8) is 0 Å². The maximum atomic E-state index is 10.9. The Morgan fingerprint density at radius 2 is 1.84 bits per heavy atom. The Labute approximate surface area is 191 Å². The molecule has 3 aliphatic rings. The second-order valence-corrected chi connectivity index (χ2v) is 9.63. The lowest BCUT2D eigenvalue weighted by Crippen LogP contribution is -2.46. The lowest BCUT2D eigenvalue weighted by Gasteiger charge is -2.37. The minimum absolute atomic E-state index is 0.235. The van der Waals surface area contributed by atoms with Gasteiger partial charge >= 0.3 is 0 Å². The molecule has 1 N–H and O–H groups in total. The molecule has 5 nitrogen and oxygen atoms in total. The average Bonchev–Trinajstić information content (AvgIpc) is 3.09. The van der Waals surface area contributed by atoms with E-state index >= 15 is 0 Å². The number of ether oxygens (including phenoxy) is 1. The molecule has 2 fully saturated rings. The van der Waals surface area contributed by atoms with E-state index in [0.29, 0.717) is 12.5 Å². The summed E-state index contributed by atoms with van der Waals surface area (Å²) in [6, 6.07) is 17.3. The van der Waals surface area contributed by atoms with Gasteiger partial charge in [-0.15, -0.1) is 0 Å². The molecule has 170 valence electrons. The minimum Gasteiger partial charge on any atom is -0.369 e. The van der Waals surface area contributed by atoms with Gasteiger partial charge < -0.3 is 14.7 Å². The van der Waals surface area contributed by atoms with Crippen LogP contribution in [0.3, 0.4) is 0 Å². The van der Waals surface area contributed by atoms with Gasteiger partial charge in [-0.05, 0) is 54.5 Å². The predicted molar refractivity (Wildman–Crippen MR) is 129 cm³/mol. The summed E-state index contributed by atoms with van der Waals surface area (Å²) in [5, 5.41) is 10.9. The number of piperazine rings is 1. The number of piperidine rings is 1. The molecule has 0 radical (unpaired) electrons. The van der Waals surface area contributed by atoms with Gasteiger partial charge in [0.2, 0.25) is 6.41 Å². The number of benzene rings is 2. The number of aliphatic hydroxyl groups excluding tert-OH is 1. The highest BCUT2D eigenvalue weighted by atomic mass is 16.6. The number of hydrogen-bond acceptors (Lipinski definition) is 5. The van der Waals surface area contributed by atoms with Gasteiger partial charge in [-0.3, -0.25) is 4.90 Å². The third-order valence-corrected chi connectivity index (χ3v) is 7.27. The largest absolute Gasteiger partial charge is 0.369 e. The fraction of sp³-hybridized carbons (Fsp3) is 0.481. The van der Waals surface area contributed by atoms with E-state index in [1.165, 1.54) is 22.4 Å². The van der Waals surface area contributed by atoms with E-state index in [1.54, 1.807) is 0 Å². The van der Waals surface area contributed by atoms with E-state index in [1.807, 2.05) is 30.3 Å². The van der Waals surface area contributed by atoms with Crippen LogP contribution in [0.15, 0.2) is 60.7 Å². The van der Waals surface area contributed by atoms with Crippen LogP contribution in [-0.4, -0.2) is 60.6 Å². The highest BCUT2D eigenvalue weighted by molar-refractivity contribution is 5.55. The Bertz CT molecular complexity index is 939. The standard InChI is InChI=1S/C27H35N3O2/c1-20(2)18-28-12-14-29(15-13-28)23-8-9-24-22-10-11-30(26(16-22)25(24)17-23)27(31)32-19-21-6-4-3-5-7-21/h3-9,17,22,26-27,31H,1,10-16,18-19H2,2H3/t22?,26-,27?/m0/s1. The summed E-state index contributed by atoms with van der Waals surface area (Å²) in [7, 11) is 0. The Kier molecular flexibility index (Phi) is 6.33. The number of anilines is 1. The lowest BCUT2D eigenvalue weighted by atomic mass is 9.95. The van der Waals surface area contributed by atoms with Crippen LogP contribution in [0.25, 0.3) is 0 Å². The van der Waals surface area contributed by atoms with E-state index in [0.717, 1.165) is 57.7 Å². The topological polar surface area (TPSA) is 39.2 Å². The van der Waals surface area contributed by atoms with Gasteiger partial charge in [0.15, 0.2) is 0 Å². The van der Waals surface area contributed by atoms with Gasteiger partial charge in [-0.1, -0.05) is 48.6 Å². The number of hydrogen-bond donors (Lipinski definition) is 1. The molecule has 0 amide bonds. The summed E-state index contributed by atoms with van der Waals surface area (Å²) in [5.74, 6) is 0.606. The summed E-state index contributed by atoms with van der Waals surface area (Å²) in [5.41, 5.74) is 6.48. The third-order valence-electron chi connectivity index (χ3n) is 7.27.